The monoisotopic (exact) mass is 387 g/mol. The standard InChI is InChI=1S/C19H23NS.3C2H6/c1-11-8-17(12(2)21)20-18-15(11)9-14(13-6-7-13)10-16(18)19(3,4)5;3*1-2/h8-10,13,21H,2,6-7H2,1,3-5H3;3*1-2H3. The highest BCUT2D eigenvalue weighted by atomic mass is 32.1. The molecule has 0 bridgehead atoms. The van der Waals surface area contributed by atoms with Crippen LogP contribution in [0.3, 0.4) is 0 Å². The zero-order valence-corrected chi connectivity index (χ0v) is 20.2. The molecule has 0 unspecified atom stereocenters. The lowest BCUT2D eigenvalue weighted by Crippen LogP contribution is -2.13. The molecule has 1 heterocycles. The normalized spacial score (nSPS) is 12.7. The van der Waals surface area contributed by atoms with Crippen molar-refractivity contribution < 1.29 is 0 Å². The second kappa shape index (κ2) is 11.5. The average Bonchev–Trinajstić information content (AvgIpc) is 3.50. The smallest absolute Gasteiger partial charge is 0.0767 e. The molecule has 27 heavy (non-hydrogen) atoms. The van der Waals surface area contributed by atoms with E-state index in [1.54, 1.807) is 0 Å². The first-order valence-corrected chi connectivity index (χ1v) is 11.1. The van der Waals surface area contributed by atoms with Gasteiger partial charge in [0.1, 0.15) is 0 Å². The highest BCUT2D eigenvalue weighted by molar-refractivity contribution is 7.90. The van der Waals surface area contributed by atoms with Gasteiger partial charge in [-0.1, -0.05) is 75.0 Å². The van der Waals surface area contributed by atoms with Crippen LogP contribution in [0.5, 0.6) is 0 Å². The zero-order valence-electron chi connectivity index (χ0n) is 19.3. The predicted molar refractivity (Wildman–Crippen MR) is 129 cm³/mol. The van der Waals surface area contributed by atoms with Crippen LogP contribution in [-0.4, -0.2) is 4.98 Å². The number of aryl methyl sites for hydroxylation is 1. The van der Waals surface area contributed by atoms with Crippen molar-refractivity contribution in [2.75, 3.05) is 0 Å². The van der Waals surface area contributed by atoms with Crippen LogP contribution in [0.2, 0.25) is 0 Å². The van der Waals surface area contributed by atoms with Crippen molar-refractivity contribution in [2.45, 2.75) is 93.4 Å². The fourth-order valence-corrected chi connectivity index (χ4v) is 3.00. The molecular formula is C25H41NS. The molecule has 0 atom stereocenters. The fourth-order valence-electron chi connectivity index (χ4n) is 2.89. The van der Waals surface area contributed by atoms with Gasteiger partial charge in [0.2, 0.25) is 0 Å². The summed E-state index contributed by atoms with van der Waals surface area (Å²) in [6.45, 7) is 24.9. The summed E-state index contributed by atoms with van der Waals surface area (Å²) in [7, 11) is 0. The molecule has 1 aliphatic rings. The molecule has 0 N–H and O–H groups in total. The maximum atomic E-state index is 4.85. The van der Waals surface area contributed by atoms with Crippen molar-refractivity contribution in [3.05, 3.63) is 47.2 Å². The number of fused-ring (bicyclic) bond motifs is 1. The Balaban J connectivity index is 0.00000103. The van der Waals surface area contributed by atoms with Crippen molar-refractivity contribution >= 4 is 28.4 Å². The largest absolute Gasteiger partial charge is 0.247 e. The molecule has 1 aliphatic carbocycles. The number of hydrogen-bond acceptors (Lipinski definition) is 2. The fraction of sp³-hybridized carbons (Fsp3) is 0.560. The molecule has 0 amide bonds. The Bertz CT molecular complexity index is 734. The van der Waals surface area contributed by atoms with Gasteiger partial charge in [-0.25, -0.2) is 4.98 Å². The van der Waals surface area contributed by atoms with E-state index in [2.05, 4.69) is 65.1 Å². The first-order valence-electron chi connectivity index (χ1n) is 10.6. The van der Waals surface area contributed by atoms with Crippen molar-refractivity contribution in [2.24, 2.45) is 0 Å². The van der Waals surface area contributed by atoms with Crippen LogP contribution < -0.4 is 0 Å². The summed E-state index contributed by atoms with van der Waals surface area (Å²) in [5.74, 6) is 0.759. The Kier molecular flexibility index (Phi) is 11.0. The molecule has 3 rings (SSSR count). The van der Waals surface area contributed by atoms with E-state index in [-0.39, 0.29) is 5.41 Å². The Morgan fingerprint density at radius 1 is 1.00 bits per heavy atom. The van der Waals surface area contributed by atoms with E-state index in [4.69, 9.17) is 4.98 Å². The molecule has 2 aromatic rings. The number of hydrogen-bond donors (Lipinski definition) is 1. The van der Waals surface area contributed by atoms with Crippen molar-refractivity contribution in [1.82, 2.24) is 4.98 Å². The lowest BCUT2D eigenvalue weighted by molar-refractivity contribution is 0.593. The second-order valence-electron chi connectivity index (χ2n) is 7.26. The zero-order chi connectivity index (χ0) is 21.4. The Hall–Kier alpha value is -1.28. The van der Waals surface area contributed by atoms with E-state index in [0.29, 0.717) is 0 Å². The molecule has 1 saturated carbocycles. The van der Waals surface area contributed by atoms with Crippen LogP contribution in [0.4, 0.5) is 0 Å². The number of rotatable bonds is 2. The minimum atomic E-state index is 0.0825. The van der Waals surface area contributed by atoms with E-state index in [0.717, 1.165) is 22.0 Å². The van der Waals surface area contributed by atoms with E-state index < -0.39 is 0 Å². The lowest BCUT2D eigenvalue weighted by Gasteiger charge is -2.23. The summed E-state index contributed by atoms with van der Waals surface area (Å²) in [4.78, 5) is 5.57. The van der Waals surface area contributed by atoms with Crippen LogP contribution in [0, 0.1) is 6.92 Å². The summed E-state index contributed by atoms with van der Waals surface area (Å²) < 4.78 is 0. The number of aromatic nitrogens is 1. The van der Waals surface area contributed by atoms with E-state index in [9.17, 15) is 0 Å². The Morgan fingerprint density at radius 3 is 1.93 bits per heavy atom. The maximum absolute atomic E-state index is 4.85. The average molecular weight is 388 g/mol. The minimum absolute atomic E-state index is 0.0825. The maximum Gasteiger partial charge on any atom is 0.0767 e. The predicted octanol–water partition coefficient (Wildman–Crippen LogP) is 8.70. The molecule has 1 aromatic heterocycles. The van der Waals surface area contributed by atoms with Gasteiger partial charge in [-0.05, 0) is 59.9 Å². The van der Waals surface area contributed by atoms with Gasteiger partial charge in [0.05, 0.1) is 11.2 Å². The summed E-state index contributed by atoms with van der Waals surface area (Å²) in [6.07, 6.45) is 2.65. The summed E-state index contributed by atoms with van der Waals surface area (Å²) in [6, 6.07) is 6.81. The number of nitrogens with zero attached hydrogens (tertiary/aromatic N) is 1. The highest BCUT2D eigenvalue weighted by Gasteiger charge is 2.27. The van der Waals surface area contributed by atoms with Gasteiger partial charge in [-0.2, -0.15) is 0 Å². The third-order valence-electron chi connectivity index (χ3n) is 4.30. The van der Waals surface area contributed by atoms with Crippen molar-refractivity contribution in [1.29, 1.82) is 0 Å². The molecule has 1 aromatic carbocycles. The highest BCUT2D eigenvalue weighted by Crippen LogP contribution is 2.43. The Labute approximate surface area is 174 Å². The summed E-state index contributed by atoms with van der Waals surface area (Å²) in [5.41, 5.74) is 6.15. The van der Waals surface area contributed by atoms with Gasteiger partial charge in [0.25, 0.3) is 0 Å². The first kappa shape index (κ1) is 25.7. The second-order valence-corrected chi connectivity index (χ2v) is 7.80. The van der Waals surface area contributed by atoms with E-state index >= 15 is 0 Å². The van der Waals surface area contributed by atoms with Crippen molar-refractivity contribution in [3.63, 3.8) is 0 Å². The van der Waals surface area contributed by atoms with Gasteiger partial charge in [-0.3, -0.25) is 0 Å². The summed E-state index contributed by atoms with van der Waals surface area (Å²) in [5, 5.41) is 1.28. The van der Waals surface area contributed by atoms with Crippen LogP contribution >= 0.6 is 12.6 Å². The number of benzene rings is 1. The van der Waals surface area contributed by atoms with E-state index in [1.807, 2.05) is 41.5 Å². The molecule has 1 fully saturated rings. The Morgan fingerprint density at radius 2 is 1.52 bits per heavy atom. The number of pyridine rings is 1. The molecule has 0 aliphatic heterocycles. The first-order chi connectivity index (χ1) is 12.8. The van der Waals surface area contributed by atoms with Gasteiger partial charge in [0, 0.05) is 10.3 Å². The van der Waals surface area contributed by atoms with Crippen LogP contribution in [0.25, 0.3) is 15.8 Å². The van der Waals surface area contributed by atoms with Gasteiger partial charge < -0.3 is 0 Å². The van der Waals surface area contributed by atoms with Crippen molar-refractivity contribution in [3.8, 4) is 0 Å². The molecule has 0 spiro atoms. The topological polar surface area (TPSA) is 12.9 Å². The molecule has 2 heteroatoms. The molecule has 0 saturated heterocycles. The molecule has 0 radical (unpaired) electrons. The van der Waals surface area contributed by atoms with Gasteiger partial charge >= 0.3 is 0 Å². The van der Waals surface area contributed by atoms with Gasteiger partial charge in [0.15, 0.2) is 0 Å². The van der Waals surface area contributed by atoms with Crippen LogP contribution in [0.1, 0.15) is 103 Å². The summed E-state index contributed by atoms with van der Waals surface area (Å²) >= 11 is 4.37. The number of thiol groups is 1. The minimum Gasteiger partial charge on any atom is -0.247 e. The molecule has 1 nitrogen and oxygen atoms in total. The van der Waals surface area contributed by atoms with Gasteiger partial charge in [-0.15, -0.1) is 12.6 Å². The quantitative estimate of drug-likeness (QED) is 0.508. The molecular weight excluding hydrogens is 346 g/mol. The lowest BCUT2D eigenvalue weighted by atomic mass is 9.83. The molecule has 152 valence electrons. The van der Waals surface area contributed by atoms with Crippen LogP contribution in [0.15, 0.2) is 24.8 Å². The SMILES string of the molecule is C=C(S)c1cc(C)c2cc(C3CC3)cc(C(C)(C)C)c2n1.CC.CC.CC. The third kappa shape index (κ3) is 6.68. The van der Waals surface area contributed by atoms with Crippen LogP contribution in [-0.2, 0) is 5.41 Å². The van der Waals surface area contributed by atoms with E-state index in [1.165, 1.54) is 34.9 Å². The third-order valence-corrected chi connectivity index (χ3v) is 4.52.